The van der Waals surface area contributed by atoms with Gasteiger partial charge in [-0.25, -0.2) is 0 Å². The Balaban J connectivity index is 2.26. The van der Waals surface area contributed by atoms with E-state index < -0.39 is 8.25 Å². The first kappa shape index (κ1) is 16.1. The zero-order chi connectivity index (χ0) is 13.9. The lowest BCUT2D eigenvalue weighted by Gasteiger charge is -2.05. The summed E-state index contributed by atoms with van der Waals surface area (Å²) >= 11 is 0. The molecule has 0 heterocycles. The first-order chi connectivity index (χ1) is 9.24. The SMILES string of the molecule is CCCCCCCCCc1ccccc1O[P+](=O)[O-]. The first-order valence-electron chi connectivity index (χ1n) is 7.14. The van der Waals surface area contributed by atoms with Gasteiger partial charge in [0.05, 0.1) is 0 Å². The fourth-order valence-electron chi connectivity index (χ4n) is 2.15. The van der Waals surface area contributed by atoms with Crippen molar-refractivity contribution in [3.05, 3.63) is 29.8 Å². The maximum Gasteiger partial charge on any atom is 0.539 e. The fraction of sp³-hybridized carbons (Fsp3) is 0.600. The van der Waals surface area contributed by atoms with Gasteiger partial charge in [0.1, 0.15) is 0 Å². The molecule has 0 N–H and O–H groups in total. The average Bonchev–Trinajstić information content (AvgIpc) is 2.39. The summed E-state index contributed by atoms with van der Waals surface area (Å²) in [5, 5.41) is 0. The second-order valence-electron chi connectivity index (χ2n) is 4.79. The summed E-state index contributed by atoms with van der Waals surface area (Å²) in [4.78, 5) is 10.6. The number of benzene rings is 1. The summed E-state index contributed by atoms with van der Waals surface area (Å²) in [5.41, 5.74) is 0.982. The van der Waals surface area contributed by atoms with Crippen LogP contribution in [0, 0.1) is 0 Å². The van der Waals surface area contributed by atoms with E-state index in [0.29, 0.717) is 5.75 Å². The maximum absolute atomic E-state index is 10.6. The molecule has 106 valence electrons. The molecule has 0 saturated carbocycles. The standard InChI is InChI=1S/C15H23O3P/c1-2-3-4-5-6-7-8-11-14-12-9-10-13-15(14)18-19(16)17/h9-10,12-13H,2-8,11H2,1H3. The Morgan fingerprint density at radius 1 is 1.05 bits per heavy atom. The van der Waals surface area contributed by atoms with Gasteiger partial charge in [-0.05, 0) is 23.5 Å². The molecule has 1 unspecified atom stereocenters. The molecule has 0 saturated heterocycles. The fourth-order valence-corrected chi connectivity index (χ4v) is 2.49. The molecule has 3 nitrogen and oxygen atoms in total. The van der Waals surface area contributed by atoms with E-state index in [0.717, 1.165) is 18.4 Å². The molecule has 1 atom stereocenters. The smallest absolute Gasteiger partial charge is 0.539 e. The third-order valence-corrected chi connectivity index (χ3v) is 3.54. The minimum absolute atomic E-state index is 0.476. The molecule has 1 aromatic rings. The van der Waals surface area contributed by atoms with Gasteiger partial charge in [-0.3, -0.25) is 4.52 Å². The molecule has 0 bridgehead atoms. The highest BCUT2D eigenvalue weighted by Gasteiger charge is 2.09. The molecule has 1 rings (SSSR count). The van der Waals surface area contributed by atoms with Crippen molar-refractivity contribution in [1.29, 1.82) is 0 Å². The van der Waals surface area contributed by atoms with E-state index in [2.05, 4.69) is 6.92 Å². The van der Waals surface area contributed by atoms with Crippen molar-refractivity contribution in [1.82, 2.24) is 0 Å². The zero-order valence-electron chi connectivity index (χ0n) is 11.6. The largest absolute Gasteiger partial charge is 0.558 e. The van der Waals surface area contributed by atoms with Crippen LogP contribution in [-0.4, -0.2) is 0 Å². The van der Waals surface area contributed by atoms with E-state index in [-0.39, 0.29) is 0 Å². The molecular weight excluding hydrogens is 259 g/mol. The van der Waals surface area contributed by atoms with Gasteiger partial charge in [-0.1, -0.05) is 63.6 Å². The van der Waals surface area contributed by atoms with Crippen molar-refractivity contribution in [2.75, 3.05) is 0 Å². The van der Waals surface area contributed by atoms with Gasteiger partial charge in [-0.15, -0.1) is 0 Å². The Labute approximate surface area is 117 Å². The summed E-state index contributed by atoms with van der Waals surface area (Å²) < 4.78 is 15.4. The van der Waals surface area contributed by atoms with Crippen LogP contribution in [0.4, 0.5) is 0 Å². The van der Waals surface area contributed by atoms with Gasteiger partial charge in [0.25, 0.3) is 0 Å². The average molecular weight is 282 g/mol. The third kappa shape index (κ3) is 7.29. The van der Waals surface area contributed by atoms with Crippen LogP contribution >= 0.6 is 8.25 Å². The quantitative estimate of drug-likeness (QED) is 0.472. The molecular formula is C15H23O3P. The highest BCUT2D eigenvalue weighted by Crippen LogP contribution is 2.26. The van der Waals surface area contributed by atoms with Gasteiger partial charge >= 0.3 is 8.25 Å². The number of rotatable bonds is 10. The van der Waals surface area contributed by atoms with Gasteiger partial charge < -0.3 is 4.89 Å². The summed E-state index contributed by atoms with van der Waals surface area (Å²) in [6.45, 7) is 2.22. The van der Waals surface area contributed by atoms with E-state index in [9.17, 15) is 9.46 Å². The van der Waals surface area contributed by atoms with E-state index >= 15 is 0 Å². The van der Waals surface area contributed by atoms with Crippen molar-refractivity contribution in [3.8, 4) is 5.75 Å². The maximum atomic E-state index is 10.6. The van der Waals surface area contributed by atoms with Gasteiger partial charge in [0.15, 0.2) is 5.75 Å². The van der Waals surface area contributed by atoms with Crippen molar-refractivity contribution >= 4 is 8.25 Å². The molecule has 0 aliphatic rings. The normalized spacial score (nSPS) is 11.4. The predicted octanol–water partition coefficient (Wildman–Crippen LogP) is 4.38. The molecule has 0 amide bonds. The molecule has 1 aromatic carbocycles. The van der Waals surface area contributed by atoms with Crippen LogP contribution in [0.5, 0.6) is 5.75 Å². The van der Waals surface area contributed by atoms with Crippen molar-refractivity contribution in [2.24, 2.45) is 0 Å². The van der Waals surface area contributed by atoms with Gasteiger partial charge in [0, 0.05) is 5.56 Å². The number of para-hydroxylation sites is 1. The number of unbranched alkanes of at least 4 members (excludes halogenated alkanes) is 6. The first-order valence-corrected chi connectivity index (χ1v) is 8.24. The minimum Gasteiger partial charge on any atom is -0.558 e. The van der Waals surface area contributed by atoms with Gasteiger partial charge in [-0.2, -0.15) is 0 Å². The Hall–Kier alpha value is -0.920. The summed E-state index contributed by atoms with van der Waals surface area (Å²) in [6, 6.07) is 7.36. The molecule has 0 spiro atoms. The lowest BCUT2D eigenvalue weighted by Crippen LogP contribution is -1.96. The third-order valence-electron chi connectivity index (χ3n) is 3.20. The number of aryl methyl sites for hydroxylation is 1. The molecule has 0 aliphatic heterocycles. The molecule has 4 heteroatoms. The Bertz CT molecular complexity index is 379. The second kappa shape index (κ2) is 9.94. The highest BCUT2D eigenvalue weighted by atomic mass is 31.1. The van der Waals surface area contributed by atoms with Crippen LogP contribution in [0.3, 0.4) is 0 Å². The lowest BCUT2D eigenvalue weighted by molar-refractivity contribution is -0.178. The van der Waals surface area contributed by atoms with Crippen LogP contribution in [0.15, 0.2) is 24.3 Å². The van der Waals surface area contributed by atoms with Crippen LogP contribution in [0.1, 0.15) is 57.4 Å². The summed E-state index contributed by atoms with van der Waals surface area (Å²) in [7, 11) is -2.82. The minimum atomic E-state index is -2.82. The van der Waals surface area contributed by atoms with Crippen molar-refractivity contribution in [3.63, 3.8) is 0 Å². The van der Waals surface area contributed by atoms with Crippen molar-refractivity contribution in [2.45, 2.75) is 58.3 Å². The van der Waals surface area contributed by atoms with Crippen LogP contribution < -0.4 is 9.42 Å². The predicted molar refractivity (Wildman–Crippen MR) is 76.4 cm³/mol. The summed E-state index contributed by atoms with van der Waals surface area (Å²) in [6.07, 6.45) is 9.66. The molecule has 0 aromatic heterocycles. The Morgan fingerprint density at radius 2 is 1.68 bits per heavy atom. The highest BCUT2D eigenvalue weighted by molar-refractivity contribution is 7.31. The molecule has 0 aliphatic carbocycles. The van der Waals surface area contributed by atoms with E-state index in [1.54, 1.807) is 12.1 Å². The van der Waals surface area contributed by atoms with Crippen LogP contribution in [0.2, 0.25) is 0 Å². The topological polar surface area (TPSA) is 49.4 Å². The lowest BCUT2D eigenvalue weighted by atomic mass is 10.0. The van der Waals surface area contributed by atoms with Crippen molar-refractivity contribution < 1.29 is 14.0 Å². The second-order valence-corrected chi connectivity index (χ2v) is 5.42. The molecule has 0 fully saturated rings. The Kier molecular flexibility index (Phi) is 8.44. The monoisotopic (exact) mass is 282 g/mol. The number of hydrogen-bond acceptors (Lipinski definition) is 3. The molecule has 0 radical (unpaired) electrons. The van der Waals surface area contributed by atoms with Crippen LogP contribution in [-0.2, 0) is 11.0 Å². The number of hydrogen-bond donors (Lipinski definition) is 0. The van der Waals surface area contributed by atoms with E-state index in [1.165, 1.54) is 38.5 Å². The summed E-state index contributed by atoms with van der Waals surface area (Å²) in [5.74, 6) is 0.476. The van der Waals surface area contributed by atoms with E-state index in [4.69, 9.17) is 4.52 Å². The van der Waals surface area contributed by atoms with E-state index in [1.807, 2.05) is 12.1 Å². The zero-order valence-corrected chi connectivity index (χ0v) is 12.5. The molecule has 19 heavy (non-hydrogen) atoms. The van der Waals surface area contributed by atoms with Gasteiger partial charge in [0.2, 0.25) is 0 Å². The Morgan fingerprint density at radius 3 is 2.37 bits per heavy atom. The van der Waals surface area contributed by atoms with Crippen LogP contribution in [0.25, 0.3) is 0 Å².